The van der Waals surface area contributed by atoms with E-state index in [1.54, 1.807) is 0 Å². The van der Waals surface area contributed by atoms with E-state index in [-0.39, 0.29) is 105 Å². The third-order valence-electron chi connectivity index (χ3n) is 11.5. The van der Waals surface area contributed by atoms with Crippen molar-refractivity contribution >= 4 is 139 Å². The van der Waals surface area contributed by atoms with Crippen molar-refractivity contribution in [2.24, 2.45) is 0 Å². The van der Waals surface area contributed by atoms with Crippen LogP contribution in [-0.2, 0) is 24.7 Å². The lowest BCUT2D eigenvalue weighted by molar-refractivity contribution is -0.385. The number of alkyl halides is 12. The van der Waals surface area contributed by atoms with E-state index >= 15 is 0 Å². The van der Waals surface area contributed by atoms with Crippen molar-refractivity contribution in [3.05, 3.63) is 204 Å². The van der Waals surface area contributed by atoms with E-state index in [1.807, 2.05) is 0 Å². The van der Waals surface area contributed by atoms with Crippen molar-refractivity contribution in [1.29, 1.82) is 0 Å². The molecule has 8 aromatic rings. The Morgan fingerprint density at radius 2 is 0.561 bits per heavy atom. The zero-order chi connectivity index (χ0) is 60.9. The molecule has 0 heterocycles. The lowest BCUT2D eigenvalue weighted by Gasteiger charge is -2.19. The van der Waals surface area contributed by atoms with Crippen LogP contribution in [0.4, 0.5) is 75.4 Å². The number of nitro benzene ring substituents is 2. The van der Waals surface area contributed by atoms with Crippen molar-refractivity contribution in [3.8, 4) is 44.5 Å². The van der Waals surface area contributed by atoms with Gasteiger partial charge in [-0.25, -0.2) is 0 Å². The molecule has 0 unspecified atom stereocenters. The lowest BCUT2D eigenvalue weighted by Crippen LogP contribution is -2.08. The summed E-state index contributed by atoms with van der Waals surface area (Å²) in [6.45, 7) is 0. The van der Waals surface area contributed by atoms with Crippen LogP contribution in [0.1, 0.15) is 22.3 Å². The second-order valence-electron chi connectivity index (χ2n) is 16.7. The van der Waals surface area contributed by atoms with Crippen molar-refractivity contribution < 1.29 is 62.5 Å². The Balaban J connectivity index is 0.000000237. The fraction of sp³-hybridized carbons (Fsp3) is 0.0769. The molecule has 0 radical (unpaired) electrons. The molecule has 0 aliphatic heterocycles. The van der Waals surface area contributed by atoms with Crippen LogP contribution >= 0.6 is 116 Å². The molecule has 30 heteroatoms. The Morgan fingerprint density at radius 3 is 0.780 bits per heavy atom. The highest BCUT2D eigenvalue weighted by molar-refractivity contribution is 7.99. The SMILES string of the molecule is Nc1ccc(-c2c(Cl)ccc(Sc3ccc(Cl)c(-c4ccc(N)cc4C(F)(F)F)c3Cl)c2Cl)c(C(F)(F)F)c1.O=[N+]([O-])c1ccc(-c2c(Cl)ccc(Sc3ccc(Cl)c(-c4ccc([N+](=O)[O-])cc4C(F)(F)F)c3Cl)c2Cl)c(C(F)(F)F)c1. The van der Waals surface area contributed by atoms with Gasteiger partial charge in [0, 0.05) is 97.6 Å². The second kappa shape index (κ2) is 24.5. The Kier molecular flexibility index (Phi) is 19.1. The van der Waals surface area contributed by atoms with Crippen LogP contribution in [0.25, 0.3) is 44.5 Å². The molecule has 82 heavy (non-hydrogen) atoms. The molecular formula is C52H24Cl8F12N4O4S2. The number of nitrogen functional groups attached to an aromatic ring is 2. The van der Waals surface area contributed by atoms with Gasteiger partial charge in [-0.2, -0.15) is 52.7 Å². The highest BCUT2D eigenvalue weighted by Gasteiger charge is 2.40. The minimum Gasteiger partial charge on any atom is -0.399 e. The van der Waals surface area contributed by atoms with Gasteiger partial charge < -0.3 is 11.5 Å². The zero-order valence-corrected chi connectivity index (χ0v) is 47.3. The number of nitrogens with zero attached hydrogens (tertiary/aromatic N) is 2. The Hall–Kier alpha value is -5.66. The number of nitrogens with two attached hydrogens (primary N) is 2. The van der Waals surface area contributed by atoms with Gasteiger partial charge in [0.05, 0.1) is 52.2 Å². The molecule has 8 aromatic carbocycles. The summed E-state index contributed by atoms with van der Waals surface area (Å²) < 4.78 is 166. The number of nitro groups is 2. The third kappa shape index (κ3) is 13.8. The molecule has 0 saturated carbocycles. The summed E-state index contributed by atoms with van der Waals surface area (Å²) in [5, 5.41) is 20.8. The molecule has 0 aliphatic carbocycles. The van der Waals surface area contributed by atoms with Gasteiger partial charge in [0.2, 0.25) is 0 Å². The molecule has 0 atom stereocenters. The predicted octanol–water partition coefficient (Wildman–Crippen LogP) is 22.6. The molecule has 0 fully saturated rings. The van der Waals surface area contributed by atoms with E-state index in [0.717, 1.165) is 72.1 Å². The van der Waals surface area contributed by atoms with E-state index in [2.05, 4.69) is 0 Å². The topological polar surface area (TPSA) is 138 Å². The highest BCUT2D eigenvalue weighted by Crippen LogP contribution is 2.54. The quantitative estimate of drug-likeness (QED) is 0.0597. The monoisotopic (exact) mass is 1340 g/mol. The summed E-state index contributed by atoms with van der Waals surface area (Å²) >= 11 is 52.8. The van der Waals surface area contributed by atoms with E-state index in [0.29, 0.717) is 12.1 Å². The molecule has 428 valence electrons. The van der Waals surface area contributed by atoms with Gasteiger partial charge in [-0.1, -0.05) is 128 Å². The van der Waals surface area contributed by atoms with Gasteiger partial charge in [0.25, 0.3) is 11.4 Å². The molecule has 8 rings (SSSR count). The first-order valence-electron chi connectivity index (χ1n) is 21.9. The van der Waals surface area contributed by atoms with E-state index in [9.17, 15) is 72.9 Å². The van der Waals surface area contributed by atoms with Gasteiger partial charge in [-0.15, -0.1) is 0 Å². The molecule has 0 aliphatic rings. The lowest BCUT2D eigenvalue weighted by atomic mass is 9.98. The zero-order valence-electron chi connectivity index (χ0n) is 39.6. The Morgan fingerprint density at radius 1 is 0.341 bits per heavy atom. The van der Waals surface area contributed by atoms with Gasteiger partial charge in [0.1, 0.15) is 0 Å². The van der Waals surface area contributed by atoms with Crippen LogP contribution in [0.15, 0.2) is 141 Å². The van der Waals surface area contributed by atoms with Crippen molar-refractivity contribution in [3.63, 3.8) is 0 Å². The summed E-state index contributed by atoms with van der Waals surface area (Å²) in [6, 6.07) is 21.2. The second-order valence-corrected chi connectivity index (χ2v) is 22.0. The summed E-state index contributed by atoms with van der Waals surface area (Å²) in [5.74, 6) is 0. The molecular weight excluding hydrogens is 1320 g/mol. The maximum Gasteiger partial charge on any atom is 0.417 e. The van der Waals surface area contributed by atoms with Crippen LogP contribution in [0, 0.1) is 20.2 Å². The third-order valence-corrected chi connectivity index (χ3v) is 17.0. The summed E-state index contributed by atoms with van der Waals surface area (Å²) in [5.41, 5.74) is 1.94. The smallest absolute Gasteiger partial charge is 0.399 e. The van der Waals surface area contributed by atoms with Gasteiger partial charge in [0.15, 0.2) is 0 Å². The molecule has 0 bridgehead atoms. The van der Waals surface area contributed by atoms with E-state index < -0.39 is 79.3 Å². The first-order chi connectivity index (χ1) is 38.0. The number of rotatable bonds is 10. The Labute approximate surface area is 502 Å². The van der Waals surface area contributed by atoms with Gasteiger partial charge >= 0.3 is 24.7 Å². The van der Waals surface area contributed by atoms with E-state index in [4.69, 9.17) is 104 Å². The molecule has 0 amide bonds. The van der Waals surface area contributed by atoms with Gasteiger partial charge in [-0.05, 0) is 107 Å². The minimum absolute atomic E-state index is 0.0563. The number of benzene rings is 8. The largest absolute Gasteiger partial charge is 0.417 e. The van der Waals surface area contributed by atoms with Crippen molar-refractivity contribution in [1.82, 2.24) is 0 Å². The molecule has 0 spiro atoms. The van der Waals surface area contributed by atoms with E-state index in [1.165, 1.54) is 60.7 Å². The standard InChI is InChI=1S/C26H10Cl4F6N2O4S.C26H14Cl4F6N2S/c27-17-5-7-19(23(29)21(17)13-3-1-11(37(39)40)9-15(13)25(31,32)33)43-20-8-6-18(28)22(24(20)30)14-4-2-12(38(41)42)10-16(14)26(34,35)36;27-17-5-7-19(23(29)21(17)13-3-1-11(37)9-15(13)25(31,32)33)39-20-8-6-18(28)22(24(20)30)14-4-2-12(38)10-16(14)26(34,35)36/h1-10H;1-10H,37-38H2. The summed E-state index contributed by atoms with van der Waals surface area (Å²) in [4.78, 5) is 20.8. The number of anilines is 2. The number of halogens is 20. The first-order valence-corrected chi connectivity index (χ1v) is 26.6. The van der Waals surface area contributed by atoms with Crippen molar-refractivity contribution in [2.75, 3.05) is 11.5 Å². The minimum atomic E-state index is -5.04. The number of hydrogen-bond acceptors (Lipinski definition) is 8. The highest BCUT2D eigenvalue weighted by atomic mass is 35.5. The first kappa shape index (κ1) is 63.9. The van der Waals surface area contributed by atoms with Gasteiger partial charge in [-0.3, -0.25) is 20.2 Å². The molecule has 0 saturated heterocycles. The maximum atomic E-state index is 13.9. The summed E-state index contributed by atoms with van der Waals surface area (Å²) in [7, 11) is 0. The van der Waals surface area contributed by atoms with Crippen LogP contribution < -0.4 is 11.5 Å². The van der Waals surface area contributed by atoms with Crippen LogP contribution in [0.2, 0.25) is 40.2 Å². The number of hydrogen-bond donors (Lipinski definition) is 2. The molecule has 0 aromatic heterocycles. The fourth-order valence-electron chi connectivity index (χ4n) is 7.90. The molecule has 8 nitrogen and oxygen atoms in total. The average molecular weight is 1340 g/mol. The predicted molar refractivity (Wildman–Crippen MR) is 298 cm³/mol. The average Bonchev–Trinajstić information content (AvgIpc) is 3.47. The van der Waals surface area contributed by atoms with Crippen LogP contribution in [0.5, 0.6) is 0 Å². The fourth-order valence-corrected chi connectivity index (χ4v) is 12.4. The molecule has 4 N–H and O–H groups in total. The van der Waals surface area contributed by atoms with Crippen LogP contribution in [-0.4, -0.2) is 9.85 Å². The normalized spacial score (nSPS) is 12.0. The summed E-state index contributed by atoms with van der Waals surface area (Å²) in [6.07, 6.45) is -19.6. The number of non-ortho nitro benzene ring substituents is 2. The van der Waals surface area contributed by atoms with Crippen molar-refractivity contribution in [2.45, 2.75) is 44.3 Å². The van der Waals surface area contributed by atoms with Crippen LogP contribution in [0.3, 0.4) is 0 Å². The maximum absolute atomic E-state index is 13.9. The Bertz CT molecular complexity index is 3640.